The molecule has 2 heterocycles. The Kier molecular flexibility index (Phi) is 3.99. The van der Waals surface area contributed by atoms with Crippen LogP contribution in [0.25, 0.3) is 11.3 Å². The molecule has 0 amide bonds. The molecule has 5 rings (SSSR count). The zero-order valence-corrected chi connectivity index (χ0v) is 16.1. The highest BCUT2D eigenvalue weighted by Gasteiger charge is 2.52. The quantitative estimate of drug-likeness (QED) is 0.758. The number of aliphatic hydroxyl groups excluding tert-OH is 2. The summed E-state index contributed by atoms with van der Waals surface area (Å²) >= 11 is 0. The van der Waals surface area contributed by atoms with E-state index in [0.717, 1.165) is 17.7 Å². The fourth-order valence-electron chi connectivity index (χ4n) is 6.37. The summed E-state index contributed by atoms with van der Waals surface area (Å²) in [5.74, 6) is -0.0515. The molecule has 1 aromatic carbocycles. The predicted octanol–water partition coefficient (Wildman–Crippen LogP) is 3.04. The first-order chi connectivity index (χ1) is 13.3. The summed E-state index contributed by atoms with van der Waals surface area (Å²) < 4.78 is 16.6. The predicted molar refractivity (Wildman–Crippen MR) is 102 cm³/mol. The van der Waals surface area contributed by atoms with Crippen LogP contribution in [0.15, 0.2) is 30.7 Å². The first-order valence-electron chi connectivity index (χ1n) is 10.2. The monoisotopic (exact) mass is 386 g/mol. The van der Waals surface area contributed by atoms with E-state index in [-0.39, 0.29) is 17.8 Å². The number of fused-ring (bicyclic) bond motifs is 5. The summed E-state index contributed by atoms with van der Waals surface area (Å²) in [5.41, 5.74) is 0.941. The fourth-order valence-corrected chi connectivity index (χ4v) is 6.37. The molecule has 3 aliphatic rings. The van der Waals surface area contributed by atoms with Gasteiger partial charge in [-0.05, 0) is 49.5 Å². The van der Waals surface area contributed by atoms with E-state index in [0.29, 0.717) is 37.7 Å². The Labute approximate surface area is 163 Å². The number of aliphatic hydroxyl groups is 3. The van der Waals surface area contributed by atoms with E-state index in [2.05, 4.69) is 4.98 Å². The second kappa shape index (κ2) is 6.12. The van der Waals surface area contributed by atoms with Gasteiger partial charge in [0, 0.05) is 17.5 Å². The van der Waals surface area contributed by atoms with Gasteiger partial charge in [0.05, 0.1) is 42.1 Å². The van der Waals surface area contributed by atoms with Crippen LogP contribution in [0.3, 0.4) is 0 Å². The van der Waals surface area contributed by atoms with Gasteiger partial charge in [-0.25, -0.2) is 9.37 Å². The smallest absolute Gasteiger partial charge is 0.129 e. The molecule has 2 bridgehead atoms. The average molecular weight is 386 g/mol. The van der Waals surface area contributed by atoms with Crippen LogP contribution in [-0.2, 0) is 0 Å². The molecule has 28 heavy (non-hydrogen) atoms. The van der Waals surface area contributed by atoms with Gasteiger partial charge in [0.25, 0.3) is 0 Å². The summed E-state index contributed by atoms with van der Waals surface area (Å²) in [6.07, 6.45) is 5.63. The lowest BCUT2D eigenvalue weighted by Crippen LogP contribution is -2.53. The SMILES string of the molecule is CC1([C@@H](O)C[C@@H]2c3c(F)cccc3-c3cncn32)CC2CC(O)CC(O)(C2)C1. The third kappa shape index (κ3) is 2.73. The Morgan fingerprint density at radius 3 is 2.93 bits per heavy atom. The summed E-state index contributed by atoms with van der Waals surface area (Å²) in [7, 11) is 0. The van der Waals surface area contributed by atoms with Gasteiger partial charge in [-0.3, -0.25) is 0 Å². The Hall–Kier alpha value is -1.76. The van der Waals surface area contributed by atoms with Crippen LogP contribution >= 0.6 is 0 Å². The number of hydrogen-bond acceptors (Lipinski definition) is 4. The molecule has 0 radical (unpaired) electrons. The maximum Gasteiger partial charge on any atom is 0.129 e. The minimum atomic E-state index is -0.921. The van der Waals surface area contributed by atoms with Gasteiger partial charge in [-0.1, -0.05) is 19.1 Å². The van der Waals surface area contributed by atoms with Gasteiger partial charge in [0.15, 0.2) is 0 Å². The molecular formula is C22H27FN2O3. The van der Waals surface area contributed by atoms with Crippen molar-refractivity contribution in [1.29, 1.82) is 0 Å². The highest BCUT2D eigenvalue weighted by molar-refractivity contribution is 5.69. The lowest BCUT2D eigenvalue weighted by atomic mass is 9.56. The Morgan fingerprint density at radius 1 is 1.32 bits per heavy atom. The topological polar surface area (TPSA) is 78.5 Å². The molecule has 1 aliphatic heterocycles. The van der Waals surface area contributed by atoms with Crippen molar-refractivity contribution < 1.29 is 19.7 Å². The minimum Gasteiger partial charge on any atom is -0.393 e. The number of rotatable bonds is 3. The lowest BCUT2D eigenvalue weighted by molar-refractivity contribution is -0.154. The largest absolute Gasteiger partial charge is 0.393 e. The molecule has 2 aliphatic carbocycles. The van der Waals surface area contributed by atoms with Crippen molar-refractivity contribution in [2.45, 2.75) is 69.3 Å². The van der Waals surface area contributed by atoms with Gasteiger partial charge in [-0.2, -0.15) is 0 Å². The zero-order chi connectivity index (χ0) is 19.7. The minimum absolute atomic E-state index is 0.207. The Balaban J connectivity index is 1.44. The molecule has 6 heteroatoms. The van der Waals surface area contributed by atoms with E-state index in [1.54, 1.807) is 18.6 Å². The number of halogens is 1. The maximum atomic E-state index is 14.7. The molecule has 2 saturated carbocycles. The van der Waals surface area contributed by atoms with Crippen LogP contribution in [0.2, 0.25) is 0 Å². The summed E-state index contributed by atoms with van der Waals surface area (Å²) in [6, 6.07) is 4.77. The highest BCUT2D eigenvalue weighted by atomic mass is 19.1. The van der Waals surface area contributed by atoms with Crippen LogP contribution < -0.4 is 0 Å². The zero-order valence-electron chi connectivity index (χ0n) is 16.1. The van der Waals surface area contributed by atoms with Crippen molar-refractivity contribution in [3.63, 3.8) is 0 Å². The van der Waals surface area contributed by atoms with Gasteiger partial charge >= 0.3 is 0 Å². The van der Waals surface area contributed by atoms with Gasteiger partial charge in [0.2, 0.25) is 0 Å². The molecule has 0 spiro atoms. The van der Waals surface area contributed by atoms with Crippen LogP contribution in [0.5, 0.6) is 0 Å². The number of nitrogens with zero attached hydrogens (tertiary/aromatic N) is 2. The third-order valence-electron chi connectivity index (χ3n) is 7.29. The molecule has 4 unspecified atom stereocenters. The Morgan fingerprint density at radius 2 is 2.14 bits per heavy atom. The van der Waals surface area contributed by atoms with Crippen LogP contribution in [0.4, 0.5) is 4.39 Å². The summed E-state index contributed by atoms with van der Waals surface area (Å²) in [5, 5.41) is 32.3. The van der Waals surface area contributed by atoms with Crippen LogP contribution in [0, 0.1) is 17.2 Å². The second-order valence-electron chi connectivity index (χ2n) is 9.58. The number of imidazole rings is 1. The van der Waals surface area contributed by atoms with Crippen molar-refractivity contribution in [3.8, 4) is 11.3 Å². The standard InChI is InChI=1S/C22H27FN2O3/c1-21(7-13-5-14(26)9-22(28,8-13)11-21)19(27)6-17-20-15(3-2-4-16(20)23)18-10-24-12-25(17)18/h2-4,10,12-14,17,19,26-28H,5-9,11H2,1H3/t13?,14?,17-,19+,21?,22?/m1/s1. The molecular weight excluding hydrogens is 359 g/mol. The summed E-state index contributed by atoms with van der Waals surface area (Å²) in [6.45, 7) is 2.03. The number of benzene rings is 1. The maximum absolute atomic E-state index is 14.7. The lowest BCUT2D eigenvalue weighted by Gasteiger charge is -2.53. The van der Waals surface area contributed by atoms with Crippen molar-refractivity contribution in [3.05, 3.63) is 42.1 Å². The number of hydrogen-bond donors (Lipinski definition) is 3. The van der Waals surface area contributed by atoms with Gasteiger partial charge < -0.3 is 19.9 Å². The van der Waals surface area contributed by atoms with Crippen LogP contribution in [0.1, 0.15) is 57.1 Å². The van der Waals surface area contributed by atoms with E-state index >= 15 is 0 Å². The van der Waals surface area contributed by atoms with E-state index in [1.807, 2.05) is 17.6 Å². The molecule has 2 aromatic rings. The first kappa shape index (κ1) is 18.3. The fraction of sp³-hybridized carbons (Fsp3) is 0.591. The van der Waals surface area contributed by atoms with Gasteiger partial charge in [0.1, 0.15) is 5.82 Å². The van der Waals surface area contributed by atoms with Crippen molar-refractivity contribution in [2.24, 2.45) is 11.3 Å². The van der Waals surface area contributed by atoms with Crippen molar-refractivity contribution >= 4 is 0 Å². The molecule has 3 N–H and O–H groups in total. The normalized spacial score (nSPS) is 37.4. The first-order valence-corrected chi connectivity index (χ1v) is 10.2. The molecule has 0 saturated heterocycles. The van der Waals surface area contributed by atoms with E-state index < -0.39 is 23.2 Å². The molecule has 1 aromatic heterocycles. The number of aromatic nitrogens is 2. The van der Waals surface area contributed by atoms with Crippen LogP contribution in [-0.4, -0.2) is 42.7 Å². The van der Waals surface area contributed by atoms with Crippen molar-refractivity contribution in [1.82, 2.24) is 9.55 Å². The highest BCUT2D eigenvalue weighted by Crippen LogP contribution is 2.54. The molecule has 150 valence electrons. The third-order valence-corrected chi connectivity index (χ3v) is 7.29. The van der Waals surface area contributed by atoms with E-state index in [4.69, 9.17) is 0 Å². The van der Waals surface area contributed by atoms with E-state index in [9.17, 15) is 19.7 Å². The van der Waals surface area contributed by atoms with Gasteiger partial charge in [-0.15, -0.1) is 0 Å². The molecule has 6 atom stereocenters. The summed E-state index contributed by atoms with van der Waals surface area (Å²) in [4.78, 5) is 4.22. The Bertz CT molecular complexity index is 911. The average Bonchev–Trinajstić information content (AvgIpc) is 3.16. The molecule has 5 nitrogen and oxygen atoms in total. The van der Waals surface area contributed by atoms with E-state index in [1.165, 1.54) is 6.07 Å². The molecule has 2 fully saturated rings. The van der Waals surface area contributed by atoms with Crippen molar-refractivity contribution in [2.75, 3.05) is 0 Å². The second-order valence-corrected chi connectivity index (χ2v) is 9.58.